The Morgan fingerprint density at radius 1 is 1.60 bits per heavy atom. The minimum Gasteiger partial charge on any atom is -0.447 e. The second-order valence-corrected chi connectivity index (χ2v) is 5.17. The van der Waals surface area contributed by atoms with Crippen LogP contribution in [-0.4, -0.2) is 64.1 Å². The molecule has 1 amide bonds. The zero-order valence-corrected chi connectivity index (χ0v) is 10.7. The minimum atomic E-state index is -0.936. The minimum absolute atomic E-state index is 0.0687. The van der Waals surface area contributed by atoms with Crippen LogP contribution in [0.25, 0.3) is 0 Å². The van der Waals surface area contributed by atoms with E-state index in [1.54, 1.807) is 4.90 Å². The Kier molecular flexibility index (Phi) is 2.64. The molecular formula is C10H17N7O3. The molecule has 0 radical (unpaired) electrons. The topological polar surface area (TPSA) is 151 Å². The van der Waals surface area contributed by atoms with E-state index < -0.39 is 17.8 Å². The normalized spacial score (nSPS) is 35.2. The summed E-state index contributed by atoms with van der Waals surface area (Å²) in [6.45, 7) is 0.466. The van der Waals surface area contributed by atoms with Crippen molar-refractivity contribution < 1.29 is 14.7 Å². The predicted molar refractivity (Wildman–Crippen MR) is 67.1 cm³/mol. The Bertz CT molecular complexity index is 483. The highest BCUT2D eigenvalue weighted by Crippen LogP contribution is 2.39. The lowest BCUT2D eigenvalue weighted by Crippen LogP contribution is -2.74. The van der Waals surface area contributed by atoms with E-state index in [9.17, 15) is 10.0 Å². The number of nitrogens with zero attached hydrogens (tertiary/aromatic N) is 2. The zero-order chi connectivity index (χ0) is 14.5. The molecule has 20 heavy (non-hydrogen) atoms. The number of carbonyl (C=O) groups excluding carboxylic acids is 1. The molecule has 2 unspecified atom stereocenters. The summed E-state index contributed by atoms with van der Waals surface area (Å²) in [5, 5.41) is 32.7. The van der Waals surface area contributed by atoms with Gasteiger partial charge < -0.3 is 26.0 Å². The van der Waals surface area contributed by atoms with Crippen LogP contribution in [0.5, 0.6) is 0 Å². The molecule has 10 heteroatoms. The van der Waals surface area contributed by atoms with Gasteiger partial charge in [0.1, 0.15) is 18.3 Å². The first-order valence-corrected chi connectivity index (χ1v) is 6.35. The molecule has 0 aromatic heterocycles. The van der Waals surface area contributed by atoms with E-state index in [1.165, 1.54) is 0 Å². The molecule has 0 aromatic carbocycles. The fraction of sp³-hybridized carbons (Fsp3) is 0.700. The summed E-state index contributed by atoms with van der Waals surface area (Å²) in [5.41, 5.74) is 4.33. The van der Waals surface area contributed by atoms with E-state index in [0.717, 1.165) is 17.9 Å². The van der Waals surface area contributed by atoms with Crippen LogP contribution in [0.4, 0.5) is 4.79 Å². The number of hydrogen-bond donors (Lipinski definition) is 6. The number of carbonyl (C=O) groups is 1. The molecule has 3 atom stereocenters. The molecule has 0 aliphatic carbocycles. The predicted octanol–water partition coefficient (Wildman–Crippen LogP) is -1.62. The van der Waals surface area contributed by atoms with Crippen molar-refractivity contribution in [2.45, 2.75) is 30.6 Å². The van der Waals surface area contributed by atoms with Crippen molar-refractivity contribution in [1.29, 1.82) is 10.8 Å². The van der Waals surface area contributed by atoms with Gasteiger partial charge in [-0.15, -0.1) is 0 Å². The quantitative estimate of drug-likeness (QED) is 0.356. The van der Waals surface area contributed by atoms with Crippen LogP contribution >= 0.6 is 0 Å². The standard InChI is InChI=1S/C10H17N7O3/c11-7-14-6-5(4-20-9(13)18)17(19)8(12)16-3-1-2-10(6,16)15-7/h5-6,12,19H,1-4H2,(H2,13,18)(H3,11,14,15)/t5?,6-,10?/m0/s1. The van der Waals surface area contributed by atoms with Crippen molar-refractivity contribution in [3.63, 3.8) is 0 Å². The third-order valence-corrected chi connectivity index (χ3v) is 4.15. The van der Waals surface area contributed by atoms with Crippen LogP contribution in [0.3, 0.4) is 0 Å². The molecule has 3 heterocycles. The number of amides is 1. The maximum Gasteiger partial charge on any atom is 0.404 e. The van der Waals surface area contributed by atoms with Crippen LogP contribution in [0, 0.1) is 10.8 Å². The maximum atomic E-state index is 10.8. The lowest BCUT2D eigenvalue weighted by atomic mass is 9.90. The number of ether oxygens (including phenoxy) is 1. The average molecular weight is 283 g/mol. The largest absolute Gasteiger partial charge is 0.447 e. The van der Waals surface area contributed by atoms with Gasteiger partial charge in [0.05, 0.1) is 6.04 Å². The monoisotopic (exact) mass is 283 g/mol. The van der Waals surface area contributed by atoms with E-state index in [0.29, 0.717) is 6.54 Å². The number of guanidine groups is 2. The first kappa shape index (κ1) is 12.8. The van der Waals surface area contributed by atoms with Gasteiger partial charge in [0.15, 0.2) is 5.96 Å². The lowest BCUT2D eigenvalue weighted by molar-refractivity contribution is -0.128. The highest BCUT2D eigenvalue weighted by Gasteiger charge is 2.61. The molecule has 3 rings (SSSR count). The fourth-order valence-corrected chi connectivity index (χ4v) is 3.37. The zero-order valence-electron chi connectivity index (χ0n) is 10.7. The van der Waals surface area contributed by atoms with Crippen molar-refractivity contribution in [1.82, 2.24) is 20.6 Å². The number of primary amides is 1. The molecule has 0 bridgehead atoms. The molecule has 3 aliphatic rings. The smallest absolute Gasteiger partial charge is 0.404 e. The summed E-state index contributed by atoms with van der Waals surface area (Å²) in [4.78, 5) is 12.5. The summed E-state index contributed by atoms with van der Waals surface area (Å²) >= 11 is 0. The second-order valence-electron chi connectivity index (χ2n) is 5.17. The van der Waals surface area contributed by atoms with Gasteiger partial charge in [-0.1, -0.05) is 0 Å². The van der Waals surface area contributed by atoms with E-state index >= 15 is 0 Å². The third kappa shape index (κ3) is 1.57. The van der Waals surface area contributed by atoms with Gasteiger partial charge in [0, 0.05) is 6.54 Å². The molecule has 0 aromatic rings. The Morgan fingerprint density at radius 2 is 2.35 bits per heavy atom. The fourth-order valence-electron chi connectivity index (χ4n) is 3.37. The summed E-state index contributed by atoms with van der Waals surface area (Å²) in [6, 6.07) is -1.06. The number of rotatable bonds is 2. The van der Waals surface area contributed by atoms with Gasteiger partial charge in [0.2, 0.25) is 5.96 Å². The summed E-state index contributed by atoms with van der Waals surface area (Å²) in [6.07, 6.45) is 0.642. The number of nitrogens with two attached hydrogens (primary N) is 1. The van der Waals surface area contributed by atoms with E-state index in [-0.39, 0.29) is 24.6 Å². The van der Waals surface area contributed by atoms with Gasteiger partial charge in [-0.2, -0.15) is 0 Å². The number of nitrogens with one attached hydrogen (secondary N) is 4. The van der Waals surface area contributed by atoms with Gasteiger partial charge in [0.25, 0.3) is 0 Å². The van der Waals surface area contributed by atoms with E-state index in [2.05, 4.69) is 10.6 Å². The van der Waals surface area contributed by atoms with Crippen LogP contribution in [0.15, 0.2) is 0 Å². The van der Waals surface area contributed by atoms with Crippen molar-refractivity contribution in [2.24, 2.45) is 5.73 Å². The number of hydrogen-bond acceptors (Lipinski definition) is 5. The Labute approximate surface area is 114 Å². The molecule has 3 saturated heterocycles. The Hall–Kier alpha value is -2.23. The SMILES string of the molecule is N=C1N[C@H]2C(COC(N)=O)N(O)C(=N)N3CCCC23N1. The molecule has 1 spiro atoms. The van der Waals surface area contributed by atoms with E-state index in [4.69, 9.17) is 21.3 Å². The van der Waals surface area contributed by atoms with Gasteiger partial charge in [-0.25, -0.2) is 9.86 Å². The molecule has 110 valence electrons. The molecule has 7 N–H and O–H groups in total. The molecular weight excluding hydrogens is 266 g/mol. The van der Waals surface area contributed by atoms with Gasteiger partial charge in [-0.05, 0) is 12.8 Å². The van der Waals surface area contributed by atoms with Gasteiger partial charge >= 0.3 is 6.09 Å². The first-order valence-electron chi connectivity index (χ1n) is 6.35. The van der Waals surface area contributed by atoms with E-state index in [1.807, 2.05) is 0 Å². The van der Waals surface area contributed by atoms with Crippen molar-refractivity contribution in [3.05, 3.63) is 0 Å². The first-order chi connectivity index (χ1) is 9.45. The van der Waals surface area contributed by atoms with Crippen molar-refractivity contribution in [3.8, 4) is 0 Å². The van der Waals surface area contributed by atoms with Gasteiger partial charge in [-0.3, -0.25) is 16.0 Å². The van der Waals surface area contributed by atoms with Crippen molar-refractivity contribution >= 4 is 18.0 Å². The molecule has 10 nitrogen and oxygen atoms in total. The lowest BCUT2D eigenvalue weighted by Gasteiger charge is -2.50. The highest BCUT2D eigenvalue weighted by atomic mass is 16.6. The van der Waals surface area contributed by atoms with Crippen LogP contribution in [-0.2, 0) is 4.74 Å². The average Bonchev–Trinajstić information content (AvgIpc) is 2.93. The summed E-state index contributed by atoms with van der Waals surface area (Å²) in [5.74, 6) is 0.0647. The molecule has 3 aliphatic heterocycles. The Morgan fingerprint density at radius 3 is 3.05 bits per heavy atom. The summed E-state index contributed by atoms with van der Waals surface area (Å²) < 4.78 is 4.77. The molecule has 0 saturated carbocycles. The summed E-state index contributed by atoms with van der Waals surface area (Å²) in [7, 11) is 0. The maximum absolute atomic E-state index is 10.8. The molecule has 3 fully saturated rings. The van der Waals surface area contributed by atoms with Crippen LogP contribution in [0.2, 0.25) is 0 Å². The van der Waals surface area contributed by atoms with Crippen LogP contribution in [0.1, 0.15) is 12.8 Å². The third-order valence-electron chi connectivity index (χ3n) is 4.15. The Balaban J connectivity index is 1.92. The second kappa shape index (κ2) is 4.13. The highest BCUT2D eigenvalue weighted by molar-refractivity contribution is 5.86. The number of hydroxylamine groups is 2. The van der Waals surface area contributed by atoms with Crippen molar-refractivity contribution in [2.75, 3.05) is 13.2 Å². The van der Waals surface area contributed by atoms with Crippen LogP contribution < -0.4 is 16.4 Å².